The van der Waals surface area contributed by atoms with Gasteiger partial charge < -0.3 is 10.2 Å². The van der Waals surface area contributed by atoms with E-state index < -0.39 is 10.0 Å². The van der Waals surface area contributed by atoms with Gasteiger partial charge >= 0.3 is 0 Å². The summed E-state index contributed by atoms with van der Waals surface area (Å²) in [5, 5.41) is 2.75. The van der Waals surface area contributed by atoms with Crippen LogP contribution in [0.4, 0.5) is 5.69 Å². The highest BCUT2D eigenvalue weighted by molar-refractivity contribution is 7.89. The second-order valence-corrected chi connectivity index (χ2v) is 10.7. The normalized spacial score (nSPS) is 18.3. The molecular weight excluding hydrogens is 426 g/mol. The molecule has 1 fully saturated rings. The summed E-state index contributed by atoms with van der Waals surface area (Å²) in [4.78, 5) is 27.1. The first-order valence-corrected chi connectivity index (χ1v) is 12.4. The maximum absolute atomic E-state index is 13.1. The molecule has 1 atom stereocenters. The SMILES string of the molecule is C[C@@H]1Cc2cc(S(=O)(=O)N(C)CC(=O)NCc3ccccc3)ccc2N1C(=O)C1CCC1. The van der Waals surface area contributed by atoms with Crippen molar-refractivity contribution >= 4 is 27.5 Å². The van der Waals surface area contributed by atoms with Crippen molar-refractivity contribution in [3.63, 3.8) is 0 Å². The molecule has 2 amide bonds. The molecule has 0 bridgehead atoms. The van der Waals surface area contributed by atoms with Crippen molar-refractivity contribution < 1.29 is 18.0 Å². The number of sulfonamides is 1. The highest BCUT2D eigenvalue weighted by Crippen LogP contribution is 2.38. The topological polar surface area (TPSA) is 86.8 Å². The van der Waals surface area contributed by atoms with E-state index in [-0.39, 0.29) is 35.2 Å². The van der Waals surface area contributed by atoms with E-state index in [2.05, 4.69) is 5.32 Å². The molecule has 1 aliphatic carbocycles. The molecule has 7 nitrogen and oxygen atoms in total. The molecule has 0 aromatic heterocycles. The number of nitrogens with one attached hydrogen (secondary N) is 1. The number of benzene rings is 2. The van der Waals surface area contributed by atoms with E-state index in [1.165, 1.54) is 13.1 Å². The molecule has 2 aliphatic rings. The smallest absolute Gasteiger partial charge is 0.243 e. The summed E-state index contributed by atoms with van der Waals surface area (Å²) < 4.78 is 27.2. The Morgan fingerprint density at radius 2 is 1.84 bits per heavy atom. The molecule has 0 unspecified atom stereocenters. The molecule has 1 aliphatic heterocycles. The lowest BCUT2D eigenvalue weighted by Crippen LogP contribution is -2.42. The van der Waals surface area contributed by atoms with Gasteiger partial charge in [-0.1, -0.05) is 36.8 Å². The number of hydrogen-bond acceptors (Lipinski definition) is 4. The zero-order valence-electron chi connectivity index (χ0n) is 18.5. The van der Waals surface area contributed by atoms with Gasteiger partial charge in [0.1, 0.15) is 0 Å². The third-order valence-electron chi connectivity index (χ3n) is 6.37. The maximum atomic E-state index is 13.1. The Kier molecular flexibility index (Phi) is 6.35. The van der Waals surface area contributed by atoms with Gasteiger partial charge in [0, 0.05) is 31.2 Å². The standard InChI is InChI=1S/C24H29N3O4S/c1-17-13-20-14-21(11-12-22(20)27(17)24(29)19-9-6-10-19)32(30,31)26(2)16-23(28)25-15-18-7-4-3-5-8-18/h3-5,7-8,11-12,14,17,19H,6,9-10,13,15-16H2,1-2H3,(H,25,28)/t17-/m1/s1. The number of anilines is 1. The van der Waals surface area contributed by atoms with Crippen molar-refractivity contribution in [1.29, 1.82) is 0 Å². The van der Waals surface area contributed by atoms with Gasteiger partial charge in [0.25, 0.3) is 0 Å². The van der Waals surface area contributed by atoms with Gasteiger partial charge in [-0.15, -0.1) is 0 Å². The van der Waals surface area contributed by atoms with Crippen LogP contribution in [0.5, 0.6) is 0 Å². The van der Waals surface area contributed by atoms with Crippen LogP contribution in [-0.4, -0.2) is 44.2 Å². The maximum Gasteiger partial charge on any atom is 0.243 e. The molecule has 32 heavy (non-hydrogen) atoms. The molecule has 1 heterocycles. The fourth-order valence-corrected chi connectivity index (χ4v) is 5.45. The van der Waals surface area contributed by atoms with E-state index >= 15 is 0 Å². The lowest BCUT2D eigenvalue weighted by Gasteiger charge is -2.32. The van der Waals surface area contributed by atoms with Crippen LogP contribution in [0.1, 0.15) is 37.3 Å². The molecule has 2 aromatic rings. The minimum atomic E-state index is -3.83. The second kappa shape index (κ2) is 9.03. The monoisotopic (exact) mass is 455 g/mol. The first-order chi connectivity index (χ1) is 15.3. The van der Waals surface area contributed by atoms with Gasteiger partial charge in [-0.05, 0) is 55.5 Å². The summed E-state index contributed by atoms with van der Waals surface area (Å²) >= 11 is 0. The first kappa shape index (κ1) is 22.5. The summed E-state index contributed by atoms with van der Waals surface area (Å²) in [6.07, 6.45) is 3.58. The Morgan fingerprint density at radius 1 is 1.12 bits per heavy atom. The van der Waals surface area contributed by atoms with Crippen LogP contribution < -0.4 is 10.2 Å². The van der Waals surface area contributed by atoms with Crippen LogP contribution in [0.25, 0.3) is 0 Å². The van der Waals surface area contributed by atoms with Crippen molar-refractivity contribution in [2.75, 3.05) is 18.5 Å². The number of fused-ring (bicyclic) bond motifs is 1. The van der Waals surface area contributed by atoms with E-state index in [4.69, 9.17) is 0 Å². The lowest BCUT2D eigenvalue weighted by molar-refractivity contribution is -0.125. The second-order valence-electron chi connectivity index (χ2n) is 8.70. The van der Waals surface area contributed by atoms with E-state index in [0.717, 1.165) is 40.4 Å². The van der Waals surface area contributed by atoms with Crippen molar-refractivity contribution in [2.45, 2.75) is 50.1 Å². The van der Waals surface area contributed by atoms with Crippen LogP contribution in [0, 0.1) is 5.92 Å². The summed E-state index contributed by atoms with van der Waals surface area (Å²) in [6.45, 7) is 2.07. The predicted octanol–water partition coefficient (Wildman–Crippen LogP) is 2.70. The van der Waals surface area contributed by atoms with Crippen LogP contribution in [-0.2, 0) is 32.6 Å². The van der Waals surface area contributed by atoms with Crippen LogP contribution in [0.3, 0.4) is 0 Å². The van der Waals surface area contributed by atoms with Crippen LogP contribution in [0.2, 0.25) is 0 Å². The minimum Gasteiger partial charge on any atom is -0.351 e. The number of hydrogen-bond donors (Lipinski definition) is 1. The molecule has 0 saturated heterocycles. The Bertz CT molecular complexity index is 1110. The highest BCUT2D eigenvalue weighted by Gasteiger charge is 2.37. The van der Waals surface area contributed by atoms with E-state index in [9.17, 15) is 18.0 Å². The summed E-state index contributed by atoms with van der Waals surface area (Å²) in [5.41, 5.74) is 2.60. The summed E-state index contributed by atoms with van der Waals surface area (Å²) in [6, 6.07) is 14.4. The fraction of sp³-hybridized carbons (Fsp3) is 0.417. The fourth-order valence-electron chi connectivity index (χ4n) is 4.28. The van der Waals surface area contributed by atoms with Gasteiger partial charge in [-0.2, -0.15) is 4.31 Å². The quantitative estimate of drug-likeness (QED) is 0.696. The van der Waals surface area contributed by atoms with Crippen LogP contribution >= 0.6 is 0 Å². The van der Waals surface area contributed by atoms with E-state index in [1.54, 1.807) is 12.1 Å². The summed E-state index contributed by atoms with van der Waals surface area (Å²) in [5.74, 6) is -0.135. The largest absolute Gasteiger partial charge is 0.351 e. The van der Waals surface area contributed by atoms with Gasteiger partial charge in [-0.25, -0.2) is 8.42 Å². The van der Waals surface area contributed by atoms with Gasteiger partial charge in [0.15, 0.2) is 0 Å². The van der Waals surface area contributed by atoms with Crippen molar-refractivity contribution in [2.24, 2.45) is 5.92 Å². The molecule has 8 heteroatoms. The Labute approximate surface area is 189 Å². The zero-order valence-corrected chi connectivity index (χ0v) is 19.3. The number of carbonyl (C=O) groups excluding carboxylic acids is 2. The van der Waals surface area contributed by atoms with Crippen molar-refractivity contribution in [3.8, 4) is 0 Å². The molecular formula is C24H29N3O4S. The number of carbonyl (C=O) groups is 2. The van der Waals surface area contributed by atoms with E-state index in [1.807, 2.05) is 42.2 Å². The van der Waals surface area contributed by atoms with Gasteiger partial charge in [-0.3, -0.25) is 9.59 Å². The molecule has 0 radical (unpaired) electrons. The molecule has 1 saturated carbocycles. The third kappa shape index (κ3) is 4.42. The molecule has 0 spiro atoms. The Balaban J connectivity index is 1.44. The van der Waals surface area contributed by atoms with E-state index in [0.29, 0.717) is 13.0 Å². The molecule has 2 aromatic carbocycles. The Hall–Kier alpha value is -2.71. The number of rotatable bonds is 7. The predicted molar refractivity (Wildman–Crippen MR) is 123 cm³/mol. The Morgan fingerprint density at radius 3 is 2.50 bits per heavy atom. The number of likely N-dealkylation sites (N-methyl/N-ethyl adjacent to an activating group) is 1. The van der Waals surface area contributed by atoms with Gasteiger partial charge in [0.05, 0.1) is 11.4 Å². The molecule has 4 rings (SSSR count). The first-order valence-electron chi connectivity index (χ1n) is 11.0. The highest BCUT2D eigenvalue weighted by atomic mass is 32.2. The van der Waals surface area contributed by atoms with Crippen molar-refractivity contribution in [1.82, 2.24) is 9.62 Å². The minimum absolute atomic E-state index is 0.0116. The molecule has 1 N–H and O–H groups in total. The third-order valence-corrected chi connectivity index (χ3v) is 8.16. The average Bonchev–Trinajstić information content (AvgIpc) is 3.06. The number of nitrogens with zero attached hydrogens (tertiary/aromatic N) is 2. The lowest BCUT2D eigenvalue weighted by atomic mass is 9.84. The molecule has 170 valence electrons. The average molecular weight is 456 g/mol. The van der Waals surface area contributed by atoms with Gasteiger partial charge in [0.2, 0.25) is 21.8 Å². The van der Waals surface area contributed by atoms with Crippen LogP contribution in [0.15, 0.2) is 53.4 Å². The summed E-state index contributed by atoms with van der Waals surface area (Å²) in [7, 11) is -2.43. The zero-order chi connectivity index (χ0) is 22.9. The number of amides is 2. The van der Waals surface area contributed by atoms with Crippen molar-refractivity contribution in [3.05, 3.63) is 59.7 Å².